The van der Waals surface area contributed by atoms with Crippen LogP contribution in [0.3, 0.4) is 0 Å². The van der Waals surface area contributed by atoms with Gasteiger partial charge in [0.15, 0.2) is 10.9 Å². The minimum absolute atomic E-state index is 0.142. The summed E-state index contributed by atoms with van der Waals surface area (Å²) in [7, 11) is 0. The number of aryl methyl sites for hydroxylation is 1. The Morgan fingerprint density at radius 3 is 2.85 bits per heavy atom. The standard InChI is InChI=1S/C20H23N3O2S2/c1-4-10(2)27-20-22-18-17(19(25)23-20)16(14-9-8-11(3)26-14)15-12(21-18)6-5-7-13(15)24/h8-10,16H,4-7H2,1-3H3,(H2,21,22,23,25). The summed E-state index contributed by atoms with van der Waals surface area (Å²) in [6, 6.07) is 4.08. The van der Waals surface area contributed by atoms with Crippen molar-refractivity contribution in [3.8, 4) is 0 Å². The first kappa shape index (κ1) is 18.5. The molecule has 3 heterocycles. The number of aromatic amines is 1. The Bertz CT molecular complexity index is 989. The number of ketones is 1. The van der Waals surface area contributed by atoms with Gasteiger partial charge < -0.3 is 10.3 Å². The number of thioether (sulfide) groups is 1. The molecule has 1 aliphatic carbocycles. The van der Waals surface area contributed by atoms with Crippen molar-refractivity contribution in [2.45, 2.75) is 62.8 Å². The van der Waals surface area contributed by atoms with E-state index in [0.717, 1.165) is 35.4 Å². The van der Waals surface area contributed by atoms with Crippen LogP contribution in [-0.4, -0.2) is 21.0 Å². The maximum absolute atomic E-state index is 13.0. The normalized spacial score (nSPS) is 20.1. The van der Waals surface area contributed by atoms with Crippen LogP contribution in [0, 0.1) is 6.92 Å². The number of H-pyrrole nitrogens is 1. The summed E-state index contributed by atoms with van der Waals surface area (Å²) in [5.74, 6) is 0.429. The number of thiophene rings is 1. The van der Waals surface area contributed by atoms with Gasteiger partial charge in [0.25, 0.3) is 5.56 Å². The number of carbonyl (C=O) groups excluding carboxylic acids is 1. The van der Waals surface area contributed by atoms with Crippen molar-refractivity contribution in [2.75, 3.05) is 5.32 Å². The second-order valence-electron chi connectivity index (χ2n) is 7.15. The number of nitrogens with zero attached hydrogens (tertiary/aromatic N) is 1. The molecule has 4 rings (SSSR count). The van der Waals surface area contributed by atoms with E-state index >= 15 is 0 Å². The van der Waals surface area contributed by atoms with Crippen LogP contribution < -0.4 is 10.9 Å². The van der Waals surface area contributed by atoms with Crippen molar-refractivity contribution in [2.24, 2.45) is 0 Å². The molecule has 2 aromatic heterocycles. The van der Waals surface area contributed by atoms with Crippen molar-refractivity contribution < 1.29 is 4.79 Å². The molecule has 7 heteroatoms. The highest BCUT2D eigenvalue weighted by Crippen LogP contribution is 2.45. The molecule has 0 saturated carbocycles. The molecule has 0 saturated heterocycles. The molecule has 0 fully saturated rings. The lowest BCUT2D eigenvalue weighted by Crippen LogP contribution is -2.32. The first-order valence-corrected chi connectivity index (χ1v) is 11.1. The molecular weight excluding hydrogens is 378 g/mol. The molecule has 1 aliphatic heterocycles. The zero-order valence-corrected chi connectivity index (χ0v) is 17.4. The summed E-state index contributed by atoms with van der Waals surface area (Å²) >= 11 is 3.22. The number of fused-ring (bicyclic) bond motifs is 1. The third kappa shape index (κ3) is 3.38. The zero-order chi connectivity index (χ0) is 19.1. The quantitative estimate of drug-likeness (QED) is 0.579. The number of aromatic nitrogens is 2. The average molecular weight is 402 g/mol. The SMILES string of the molecule is CCC(C)Sc1nc2c(c(=O)[nH]1)C(c1ccc(C)s1)C1=C(CCCC1=O)N2. The lowest BCUT2D eigenvalue weighted by Gasteiger charge is -2.32. The highest BCUT2D eigenvalue weighted by molar-refractivity contribution is 7.99. The fraction of sp³-hybridized carbons (Fsp3) is 0.450. The second kappa shape index (κ2) is 7.28. The smallest absolute Gasteiger partial charge is 0.257 e. The molecular formula is C20H23N3O2S2. The molecule has 0 radical (unpaired) electrons. The lowest BCUT2D eigenvalue weighted by molar-refractivity contribution is -0.116. The van der Waals surface area contributed by atoms with Gasteiger partial charge in [-0.2, -0.15) is 0 Å². The van der Waals surface area contributed by atoms with Gasteiger partial charge in [0.05, 0.1) is 11.5 Å². The van der Waals surface area contributed by atoms with Crippen molar-refractivity contribution in [1.29, 1.82) is 0 Å². The van der Waals surface area contributed by atoms with Crippen molar-refractivity contribution in [3.05, 3.63) is 49.1 Å². The zero-order valence-electron chi connectivity index (χ0n) is 15.7. The fourth-order valence-corrected chi connectivity index (χ4v) is 5.50. The molecule has 2 aromatic rings. The van der Waals surface area contributed by atoms with Crippen LogP contribution in [0.4, 0.5) is 5.82 Å². The van der Waals surface area contributed by atoms with Crippen LogP contribution in [0.15, 0.2) is 33.4 Å². The molecule has 2 unspecified atom stereocenters. The van der Waals surface area contributed by atoms with Crippen molar-refractivity contribution in [3.63, 3.8) is 0 Å². The van der Waals surface area contributed by atoms with E-state index < -0.39 is 0 Å². The van der Waals surface area contributed by atoms with Gasteiger partial charge in [-0.1, -0.05) is 25.6 Å². The molecule has 5 nitrogen and oxygen atoms in total. The Kier molecular flexibility index (Phi) is 4.99. The van der Waals surface area contributed by atoms with Gasteiger partial charge in [-0.3, -0.25) is 9.59 Å². The first-order chi connectivity index (χ1) is 13.0. The molecule has 2 aliphatic rings. The summed E-state index contributed by atoms with van der Waals surface area (Å²) in [5, 5.41) is 4.33. The highest BCUT2D eigenvalue weighted by atomic mass is 32.2. The van der Waals surface area contributed by atoms with Crippen LogP contribution >= 0.6 is 23.1 Å². The van der Waals surface area contributed by atoms with E-state index in [0.29, 0.717) is 28.2 Å². The van der Waals surface area contributed by atoms with E-state index in [1.807, 2.05) is 19.1 Å². The number of carbonyl (C=O) groups is 1. The first-order valence-electron chi connectivity index (χ1n) is 9.38. The summed E-state index contributed by atoms with van der Waals surface area (Å²) in [4.78, 5) is 35.7. The van der Waals surface area contributed by atoms with Crippen molar-refractivity contribution >= 4 is 34.7 Å². The van der Waals surface area contributed by atoms with E-state index in [1.54, 1.807) is 23.1 Å². The predicted octanol–water partition coefficient (Wildman–Crippen LogP) is 4.59. The number of nitrogens with one attached hydrogen (secondary N) is 2. The Morgan fingerprint density at radius 1 is 1.33 bits per heavy atom. The lowest BCUT2D eigenvalue weighted by atomic mass is 9.79. The van der Waals surface area contributed by atoms with Crippen LogP contribution in [0.5, 0.6) is 0 Å². The van der Waals surface area contributed by atoms with E-state index in [9.17, 15) is 9.59 Å². The Hall–Kier alpha value is -1.86. The monoisotopic (exact) mass is 401 g/mol. The minimum atomic E-state index is -0.318. The Morgan fingerprint density at radius 2 is 2.15 bits per heavy atom. The van der Waals surface area contributed by atoms with Gasteiger partial charge in [-0.05, 0) is 38.3 Å². The highest BCUT2D eigenvalue weighted by Gasteiger charge is 2.38. The fourth-order valence-electron chi connectivity index (χ4n) is 3.66. The summed E-state index contributed by atoms with van der Waals surface area (Å²) in [5.41, 5.74) is 2.11. The van der Waals surface area contributed by atoms with E-state index in [2.05, 4.69) is 24.1 Å². The molecule has 0 spiro atoms. The summed E-state index contributed by atoms with van der Waals surface area (Å²) < 4.78 is 0. The number of hydrogen-bond donors (Lipinski definition) is 2. The molecule has 0 aromatic carbocycles. The van der Waals surface area contributed by atoms with Gasteiger partial charge in [-0.25, -0.2) is 4.98 Å². The van der Waals surface area contributed by atoms with E-state index in [1.165, 1.54) is 4.88 Å². The van der Waals surface area contributed by atoms with E-state index in [4.69, 9.17) is 4.98 Å². The Labute approximate surface area is 166 Å². The second-order valence-corrected chi connectivity index (χ2v) is 9.89. The average Bonchev–Trinajstić information content (AvgIpc) is 3.06. The van der Waals surface area contributed by atoms with Crippen LogP contribution in [0.2, 0.25) is 0 Å². The number of Topliss-reactive ketones (excluding diaryl/α,β-unsaturated/α-hetero) is 1. The summed E-state index contributed by atoms with van der Waals surface area (Å²) in [6.45, 7) is 6.28. The van der Waals surface area contributed by atoms with Crippen LogP contribution in [-0.2, 0) is 4.79 Å². The predicted molar refractivity (Wildman–Crippen MR) is 111 cm³/mol. The number of hydrogen-bond acceptors (Lipinski definition) is 6. The molecule has 2 atom stereocenters. The topological polar surface area (TPSA) is 74.8 Å². The maximum Gasteiger partial charge on any atom is 0.257 e. The summed E-state index contributed by atoms with van der Waals surface area (Å²) in [6.07, 6.45) is 3.21. The van der Waals surface area contributed by atoms with Gasteiger partial charge in [0.1, 0.15) is 5.82 Å². The molecule has 0 amide bonds. The van der Waals surface area contributed by atoms with Gasteiger partial charge in [-0.15, -0.1) is 11.3 Å². The minimum Gasteiger partial charge on any atom is -0.343 e. The third-order valence-corrected chi connectivity index (χ3v) is 7.39. The third-order valence-electron chi connectivity index (χ3n) is 5.17. The van der Waals surface area contributed by atoms with E-state index in [-0.39, 0.29) is 17.3 Å². The van der Waals surface area contributed by atoms with Crippen LogP contribution in [0.1, 0.15) is 60.8 Å². The molecule has 142 valence electrons. The molecule has 2 N–H and O–H groups in total. The molecule has 0 bridgehead atoms. The molecule has 27 heavy (non-hydrogen) atoms. The Balaban J connectivity index is 1.88. The number of rotatable bonds is 4. The largest absolute Gasteiger partial charge is 0.343 e. The van der Waals surface area contributed by atoms with Crippen molar-refractivity contribution in [1.82, 2.24) is 9.97 Å². The van der Waals surface area contributed by atoms with Gasteiger partial charge >= 0.3 is 0 Å². The number of anilines is 1. The van der Waals surface area contributed by atoms with Gasteiger partial charge in [0.2, 0.25) is 0 Å². The number of allylic oxidation sites excluding steroid dienone is 2. The maximum atomic E-state index is 13.0. The van der Waals surface area contributed by atoms with Crippen LogP contribution in [0.25, 0.3) is 0 Å². The van der Waals surface area contributed by atoms with Gasteiger partial charge in [0, 0.05) is 32.7 Å².